The number of amides is 1. The highest BCUT2D eigenvalue weighted by Gasteiger charge is 2.22. The fraction of sp³-hybridized carbons (Fsp3) is 0.273. The van der Waals surface area contributed by atoms with E-state index >= 15 is 0 Å². The molecule has 9 heteroatoms. The zero-order valence-corrected chi connectivity index (χ0v) is 18.5. The third-order valence-corrected chi connectivity index (χ3v) is 6.62. The van der Waals surface area contributed by atoms with E-state index in [1.54, 1.807) is 0 Å². The molecule has 0 radical (unpaired) electrons. The van der Waals surface area contributed by atoms with Crippen LogP contribution in [0.5, 0.6) is 0 Å². The average Bonchev–Trinajstić information content (AvgIpc) is 3.03. The van der Waals surface area contributed by atoms with Crippen LogP contribution in [0.25, 0.3) is 0 Å². The van der Waals surface area contributed by atoms with Crippen molar-refractivity contribution in [3.63, 3.8) is 0 Å². The zero-order chi connectivity index (χ0) is 22.6. The van der Waals surface area contributed by atoms with E-state index in [1.807, 2.05) is 48.9 Å². The predicted octanol–water partition coefficient (Wildman–Crippen LogP) is 2.62. The molecule has 1 amide bonds. The first-order valence-corrected chi connectivity index (χ1v) is 11.2. The lowest BCUT2D eigenvalue weighted by Gasteiger charge is -2.17. The fourth-order valence-electron chi connectivity index (χ4n) is 3.18. The molecular formula is C22H25FN4O3S. The van der Waals surface area contributed by atoms with E-state index in [0.717, 1.165) is 39.0 Å². The predicted molar refractivity (Wildman–Crippen MR) is 115 cm³/mol. The van der Waals surface area contributed by atoms with Crippen molar-refractivity contribution in [3.05, 3.63) is 82.9 Å². The maximum atomic E-state index is 13.0. The quantitative estimate of drug-likeness (QED) is 0.579. The van der Waals surface area contributed by atoms with Crippen molar-refractivity contribution in [2.75, 3.05) is 13.6 Å². The number of halogens is 1. The Morgan fingerprint density at radius 2 is 1.77 bits per heavy atom. The van der Waals surface area contributed by atoms with Gasteiger partial charge in [-0.1, -0.05) is 24.3 Å². The Bertz CT molecular complexity index is 1170. The second-order valence-corrected chi connectivity index (χ2v) is 9.44. The van der Waals surface area contributed by atoms with E-state index in [9.17, 15) is 17.6 Å². The highest BCUT2D eigenvalue weighted by atomic mass is 32.2. The molecule has 0 fully saturated rings. The van der Waals surface area contributed by atoms with Crippen LogP contribution in [0.4, 0.5) is 4.39 Å². The number of sulfonamides is 1. The van der Waals surface area contributed by atoms with E-state index < -0.39 is 21.7 Å². The molecule has 1 heterocycles. The summed E-state index contributed by atoms with van der Waals surface area (Å²) >= 11 is 0. The number of carbonyl (C=O) groups excluding carboxylic acids is 1. The van der Waals surface area contributed by atoms with Gasteiger partial charge < -0.3 is 5.32 Å². The Morgan fingerprint density at radius 3 is 2.42 bits per heavy atom. The smallest absolute Gasteiger partial charge is 0.243 e. The standard InChI is InChI=1S/C22H25FN4O3S/c1-16-11-17(2)27(25-16)14-19-6-4-5-18(12-19)13-24-22(28)15-26(3)31(29,30)21-9-7-20(23)8-10-21/h4-12H,13-15H2,1-3H3,(H,24,28). The minimum absolute atomic E-state index is 0.0685. The number of hydrogen-bond acceptors (Lipinski definition) is 4. The van der Waals surface area contributed by atoms with Crippen LogP contribution in [0.1, 0.15) is 22.5 Å². The highest BCUT2D eigenvalue weighted by Crippen LogP contribution is 2.15. The monoisotopic (exact) mass is 444 g/mol. The van der Waals surface area contributed by atoms with Crippen LogP contribution in [-0.4, -0.2) is 42.0 Å². The van der Waals surface area contributed by atoms with Gasteiger partial charge in [-0.2, -0.15) is 9.40 Å². The molecule has 0 bridgehead atoms. The van der Waals surface area contributed by atoms with E-state index in [4.69, 9.17) is 0 Å². The molecule has 2 aromatic carbocycles. The van der Waals surface area contributed by atoms with Gasteiger partial charge in [0, 0.05) is 19.3 Å². The van der Waals surface area contributed by atoms with Crippen LogP contribution < -0.4 is 5.32 Å². The molecule has 31 heavy (non-hydrogen) atoms. The highest BCUT2D eigenvalue weighted by molar-refractivity contribution is 7.89. The second-order valence-electron chi connectivity index (χ2n) is 7.40. The summed E-state index contributed by atoms with van der Waals surface area (Å²) in [5.41, 5.74) is 3.98. The van der Waals surface area contributed by atoms with Gasteiger partial charge in [0.05, 0.1) is 23.7 Å². The number of hydrogen-bond donors (Lipinski definition) is 1. The normalized spacial score (nSPS) is 11.6. The van der Waals surface area contributed by atoms with E-state index in [2.05, 4.69) is 10.4 Å². The number of carbonyl (C=O) groups is 1. The van der Waals surface area contributed by atoms with Gasteiger partial charge in [0.25, 0.3) is 0 Å². The maximum Gasteiger partial charge on any atom is 0.243 e. The molecule has 0 saturated heterocycles. The third kappa shape index (κ3) is 5.77. The first kappa shape index (κ1) is 22.6. The molecule has 1 N–H and O–H groups in total. The van der Waals surface area contributed by atoms with Crippen molar-refractivity contribution in [2.24, 2.45) is 0 Å². The second kappa shape index (κ2) is 9.40. The Hall–Kier alpha value is -3.04. The van der Waals surface area contributed by atoms with Crippen LogP contribution in [0.3, 0.4) is 0 Å². The lowest BCUT2D eigenvalue weighted by molar-refractivity contribution is -0.121. The van der Waals surface area contributed by atoms with Gasteiger partial charge in [-0.05, 0) is 55.3 Å². The lowest BCUT2D eigenvalue weighted by Crippen LogP contribution is -2.38. The van der Waals surface area contributed by atoms with Crippen molar-refractivity contribution < 1.29 is 17.6 Å². The minimum atomic E-state index is -3.88. The summed E-state index contributed by atoms with van der Waals surface area (Å²) in [6, 6.07) is 14.3. The molecule has 0 saturated carbocycles. The summed E-state index contributed by atoms with van der Waals surface area (Å²) in [5.74, 6) is -0.962. The van der Waals surface area contributed by atoms with Crippen LogP contribution in [0.15, 0.2) is 59.5 Å². The Balaban J connectivity index is 1.58. The molecule has 0 aliphatic carbocycles. The SMILES string of the molecule is Cc1cc(C)n(Cc2cccc(CNC(=O)CN(C)S(=O)(=O)c3ccc(F)cc3)c2)n1. The van der Waals surface area contributed by atoms with Crippen molar-refractivity contribution in [2.45, 2.75) is 31.8 Å². The van der Waals surface area contributed by atoms with Gasteiger partial charge in [-0.3, -0.25) is 9.48 Å². The maximum absolute atomic E-state index is 13.0. The van der Waals surface area contributed by atoms with Crippen molar-refractivity contribution >= 4 is 15.9 Å². The summed E-state index contributed by atoms with van der Waals surface area (Å²) in [5, 5.41) is 7.20. The van der Waals surface area contributed by atoms with Gasteiger partial charge >= 0.3 is 0 Å². The van der Waals surface area contributed by atoms with Gasteiger partial charge in [-0.15, -0.1) is 0 Å². The summed E-state index contributed by atoms with van der Waals surface area (Å²) in [6.07, 6.45) is 0. The first-order valence-electron chi connectivity index (χ1n) is 9.72. The van der Waals surface area contributed by atoms with Gasteiger partial charge in [0.15, 0.2) is 0 Å². The number of nitrogens with one attached hydrogen (secondary N) is 1. The van der Waals surface area contributed by atoms with Crippen LogP contribution in [0.2, 0.25) is 0 Å². The summed E-state index contributed by atoms with van der Waals surface area (Å²) in [7, 11) is -2.57. The molecule has 7 nitrogen and oxygen atoms in total. The topological polar surface area (TPSA) is 84.3 Å². The molecule has 1 aromatic heterocycles. The number of aromatic nitrogens is 2. The summed E-state index contributed by atoms with van der Waals surface area (Å²) in [4.78, 5) is 12.2. The van der Waals surface area contributed by atoms with Crippen LogP contribution in [-0.2, 0) is 27.9 Å². The van der Waals surface area contributed by atoms with Crippen molar-refractivity contribution in [1.29, 1.82) is 0 Å². The molecule has 0 aliphatic rings. The number of aryl methyl sites for hydroxylation is 2. The van der Waals surface area contributed by atoms with E-state index in [0.29, 0.717) is 6.54 Å². The number of likely N-dealkylation sites (N-methyl/N-ethyl adjacent to an activating group) is 1. The Morgan fingerprint density at radius 1 is 1.10 bits per heavy atom. The molecule has 3 aromatic rings. The van der Waals surface area contributed by atoms with E-state index in [-0.39, 0.29) is 18.0 Å². The number of benzene rings is 2. The molecule has 0 spiro atoms. The molecule has 0 aliphatic heterocycles. The minimum Gasteiger partial charge on any atom is -0.351 e. The van der Waals surface area contributed by atoms with Crippen LogP contribution >= 0.6 is 0 Å². The average molecular weight is 445 g/mol. The third-order valence-electron chi connectivity index (χ3n) is 4.80. The summed E-state index contributed by atoms with van der Waals surface area (Å²) < 4.78 is 40.9. The Labute approximate surface area is 181 Å². The van der Waals surface area contributed by atoms with Gasteiger partial charge in [0.2, 0.25) is 15.9 Å². The molecule has 3 rings (SSSR count). The van der Waals surface area contributed by atoms with Gasteiger partial charge in [-0.25, -0.2) is 12.8 Å². The lowest BCUT2D eigenvalue weighted by atomic mass is 10.1. The molecule has 0 unspecified atom stereocenters. The molecule has 0 atom stereocenters. The largest absolute Gasteiger partial charge is 0.351 e. The number of nitrogens with zero attached hydrogens (tertiary/aromatic N) is 3. The fourth-order valence-corrected chi connectivity index (χ4v) is 4.30. The molecular weight excluding hydrogens is 419 g/mol. The van der Waals surface area contributed by atoms with Gasteiger partial charge in [0.1, 0.15) is 5.82 Å². The first-order chi connectivity index (χ1) is 14.6. The zero-order valence-electron chi connectivity index (χ0n) is 17.7. The van der Waals surface area contributed by atoms with Crippen molar-refractivity contribution in [1.82, 2.24) is 19.4 Å². The van der Waals surface area contributed by atoms with Crippen LogP contribution in [0, 0.1) is 19.7 Å². The van der Waals surface area contributed by atoms with Crippen molar-refractivity contribution in [3.8, 4) is 0 Å². The van der Waals surface area contributed by atoms with E-state index in [1.165, 1.54) is 19.2 Å². The molecule has 164 valence electrons. The number of rotatable bonds is 8. The summed E-state index contributed by atoms with van der Waals surface area (Å²) in [6.45, 7) is 4.50. The Kier molecular flexibility index (Phi) is 6.87.